The van der Waals surface area contributed by atoms with Crippen LogP contribution in [-0.2, 0) is 6.18 Å². The fourth-order valence-electron chi connectivity index (χ4n) is 1.05. The van der Waals surface area contributed by atoms with Gasteiger partial charge in [0.25, 0.3) is 0 Å². The number of hydrogen-bond acceptors (Lipinski definition) is 4. The van der Waals surface area contributed by atoms with Gasteiger partial charge in [-0.2, -0.15) is 18.3 Å². The number of carbonyl (C=O) groups excluding carboxylic acids is 1. The molecule has 2 aromatic heterocycles. The van der Waals surface area contributed by atoms with Gasteiger partial charge in [0.1, 0.15) is 4.88 Å². The summed E-state index contributed by atoms with van der Waals surface area (Å²) in [5.74, 6) is 0. The Morgan fingerprint density at radius 1 is 1.47 bits per heavy atom. The summed E-state index contributed by atoms with van der Waals surface area (Å²) in [4.78, 5) is 14.4. The van der Waals surface area contributed by atoms with Crippen LogP contribution in [-0.4, -0.2) is 21.1 Å². The zero-order valence-corrected chi connectivity index (χ0v) is 9.47. The normalized spacial score (nSPS) is 11.8. The lowest BCUT2D eigenvalue weighted by Gasteiger charge is -2.00. The monoisotopic (exact) mass is 281 g/mol. The molecule has 0 saturated carbocycles. The number of rotatable bonds is 2. The number of thiazole rings is 1. The molecule has 0 aliphatic rings. The van der Waals surface area contributed by atoms with Gasteiger partial charge in [0.2, 0.25) is 5.13 Å². The molecule has 0 atom stereocenters. The Balaban J connectivity index is 2.40. The van der Waals surface area contributed by atoms with E-state index in [0.717, 1.165) is 28.3 Å². The quantitative estimate of drug-likeness (QED) is 0.795. The summed E-state index contributed by atoms with van der Waals surface area (Å²) in [5.41, 5.74) is -1.03. The van der Waals surface area contributed by atoms with Crippen molar-refractivity contribution in [3.8, 4) is 5.13 Å². The van der Waals surface area contributed by atoms with Crippen molar-refractivity contribution in [3.05, 3.63) is 28.0 Å². The Bertz CT molecular complexity index is 563. The molecule has 9 heteroatoms. The predicted molar refractivity (Wildman–Crippen MR) is 54.6 cm³/mol. The molecule has 0 N–H and O–H groups in total. The molecule has 0 fully saturated rings. The molecule has 0 bridgehead atoms. The Morgan fingerprint density at radius 3 is 2.65 bits per heavy atom. The van der Waals surface area contributed by atoms with Crippen LogP contribution >= 0.6 is 22.9 Å². The van der Waals surface area contributed by atoms with Crippen molar-refractivity contribution in [2.45, 2.75) is 6.18 Å². The van der Waals surface area contributed by atoms with E-state index in [4.69, 9.17) is 11.6 Å². The highest BCUT2D eigenvalue weighted by atomic mass is 35.5. The third kappa shape index (κ3) is 2.32. The van der Waals surface area contributed by atoms with Crippen molar-refractivity contribution < 1.29 is 18.0 Å². The van der Waals surface area contributed by atoms with E-state index in [0.29, 0.717) is 6.29 Å². The van der Waals surface area contributed by atoms with Crippen molar-refractivity contribution >= 4 is 29.2 Å². The molecule has 0 aliphatic heterocycles. The number of nitrogens with zero attached hydrogens (tertiary/aromatic N) is 3. The lowest BCUT2D eigenvalue weighted by atomic mass is 10.4. The van der Waals surface area contributed by atoms with Crippen LogP contribution in [0.25, 0.3) is 5.13 Å². The van der Waals surface area contributed by atoms with Gasteiger partial charge < -0.3 is 0 Å². The zero-order valence-electron chi connectivity index (χ0n) is 7.90. The Labute approximate surface area is 102 Å². The van der Waals surface area contributed by atoms with Crippen LogP contribution < -0.4 is 0 Å². The van der Waals surface area contributed by atoms with Gasteiger partial charge in [0, 0.05) is 6.20 Å². The molecule has 0 aromatic carbocycles. The second-order valence-electron chi connectivity index (χ2n) is 2.91. The topological polar surface area (TPSA) is 47.8 Å². The molecular weight excluding hydrogens is 279 g/mol. The summed E-state index contributed by atoms with van der Waals surface area (Å²) in [6.45, 7) is 0. The van der Waals surface area contributed by atoms with Gasteiger partial charge in [-0.25, -0.2) is 9.67 Å². The maximum absolute atomic E-state index is 12.3. The third-order valence-corrected chi connectivity index (χ3v) is 3.15. The van der Waals surface area contributed by atoms with Crippen LogP contribution in [0.2, 0.25) is 5.15 Å². The first kappa shape index (κ1) is 12.1. The average Bonchev–Trinajstić information content (AvgIpc) is 2.82. The van der Waals surface area contributed by atoms with Crippen molar-refractivity contribution in [3.63, 3.8) is 0 Å². The molecule has 0 unspecified atom stereocenters. The van der Waals surface area contributed by atoms with E-state index in [2.05, 4.69) is 10.1 Å². The van der Waals surface area contributed by atoms with Crippen LogP contribution in [0.15, 0.2) is 12.3 Å². The maximum Gasteiger partial charge on any atom is 0.435 e. The molecule has 2 aromatic rings. The summed E-state index contributed by atoms with van der Waals surface area (Å²) in [6.07, 6.45) is -2.93. The van der Waals surface area contributed by atoms with Crippen molar-refractivity contribution in [1.82, 2.24) is 14.8 Å². The van der Waals surface area contributed by atoms with E-state index in [1.807, 2.05) is 0 Å². The van der Waals surface area contributed by atoms with Crippen LogP contribution in [0.4, 0.5) is 13.2 Å². The first-order valence-electron chi connectivity index (χ1n) is 4.16. The molecule has 2 rings (SSSR count). The first-order valence-corrected chi connectivity index (χ1v) is 5.36. The minimum absolute atomic E-state index is 0.0518. The molecule has 17 heavy (non-hydrogen) atoms. The summed E-state index contributed by atoms with van der Waals surface area (Å²) >= 11 is 6.45. The fraction of sp³-hybridized carbons (Fsp3) is 0.125. The van der Waals surface area contributed by atoms with E-state index in [1.165, 1.54) is 0 Å². The minimum Gasteiger partial charge on any atom is -0.297 e. The largest absolute Gasteiger partial charge is 0.435 e. The van der Waals surface area contributed by atoms with Crippen LogP contribution in [0.1, 0.15) is 15.4 Å². The molecule has 0 radical (unpaired) electrons. The molecular formula is C8H3ClF3N3OS. The molecule has 90 valence electrons. The number of hydrogen-bond donors (Lipinski definition) is 0. The average molecular weight is 282 g/mol. The minimum atomic E-state index is -4.51. The molecule has 0 aliphatic carbocycles. The van der Waals surface area contributed by atoms with Gasteiger partial charge in [-0.1, -0.05) is 22.9 Å². The van der Waals surface area contributed by atoms with Gasteiger partial charge in [-0.15, -0.1) is 0 Å². The highest BCUT2D eigenvalue weighted by Gasteiger charge is 2.33. The second-order valence-corrected chi connectivity index (χ2v) is 4.28. The maximum atomic E-state index is 12.3. The highest BCUT2D eigenvalue weighted by Crippen LogP contribution is 2.29. The van der Waals surface area contributed by atoms with E-state index in [-0.39, 0.29) is 15.2 Å². The third-order valence-electron chi connectivity index (χ3n) is 1.78. The van der Waals surface area contributed by atoms with Crippen LogP contribution in [0.3, 0.4) is 0 Å². The smallest absolute Gasteiger partial charge is 0.297 e. The van der Waals surface area contributed by atoms with Gasteiger partial charge in [0.05, 0.1) is 0 Å². The summed E-state index contributed by atoms with van der Waals surface area (Å²) in [6, 6.07) is 0.815. The van der Waals surface area contributed by atoms with Gasteiger partial charge in [-0.3, -0.25) is 4.79 Å². The molecule has 0 saturated heterocycles. The first-order chi connectivity index (χ1) is 7.91. The number of alkyl halides is 3. The Hall–Kier alpha value is -1.41. The molecule has 0 amide bonds. The lowest BCUT2D eigenvalue weighted by Crippen LogP contribution is -2.07. The van der Waals surface area contributed by atoms with Gasteiger partial charge in [0.15, 0.2) is 17.1 Å². The molecule has 2 heterocycles. The summed E-state index contributed by atoms with van der Waals surface area (Å²) in [7, 11) is 0. The standard InChI is InChI=1S/C8H3ClF3N3OS/c9-6-4(3-16)17-7(13-6)15-2-1-5(14-15)8(10,11)12/h1-3H. The number of carbonyl (C=O) groups is 1. The lowest BCUT2D eigenvalue weighted by molar-refractivity contribution is -0.141. The van der Waals surface area contributed by atoms with Crippen LogP contribution in [0.5, 0.6) is 0 Å². The van der Waals surface area contributed by atoms with Gasteiger partial charge in [-0.05, 0) is 6.07 Å². The number of aldehydes is 1. The summed E-state index contributed by atoms with van der Waals surface area (Å²) < 4.78 is 37.8. The van der Waals surface area contributed by atoms with E-state index in [1.54, 1.807) is 0 Å². The van der Waals surface area contributed by atoms with Crippen LogP contribution in [0, 0.1) is 0 Å². The molecule has 4 nitrogen and oxygen atoms in total. The SMILES string of the molecule is O=Cc1sc(-n2ccc(C(F)(F)F)n2)nc1Cl. The van der Waals surface area contributed by atoms with E-state index < -0.39 is 11.9 Å². The predicted octanol–water partition coefficient (Wildman–Crippen LogP) is 2.81. The number of halogens is 4. The van der Waals surface area contributed by atoms with E-state index >= 15 is 0 Å². The van der Waals surface area contributed by atoms with Gasteiger partial charge >= 0.3 is 6.18 Å². The fourth-order valence-corrected chi connectivity index (χ4v) is 2.05. The van der Waals surface area contributed by atoms with Crippen molar-refractivity contribution in [2.75, 3.05) is 0 Å². The number of aromatic nitrogens is 3. The zero-order chi connectivity index (χ0) is 12.6. The Kier molecular flexibility index (Phi) is 2.92. The molecule has 0 spiro atoms. The Morgan fingerprint density at radius 2 is 2.18 bits per heavy atom. The van der Waals surface area contributed by atoms with E-state index in [9.17, 15) is 18.0 Å². The highest BCUT2D eigenvalue weighted by molar-refractivity contribution is 7.16. The van der Waals surface area contributed by atoms with Crippen molar-refractivity contribution in [2.24, 2.45) is 0 Å². The summed E-state index contributed by atoms with van der Waals surface area (Å²) in [5, 5.41) is 3.36. The van der Waals surface area contributed by atoms with Crippen molar-refractivity contribution in [1.29, 1.82) is 0 Å². The second kappa shape index (κ2) is 4.11.